The minimum Gasteiger partial charge on any atom is -0.393 e. The molecular formula is C10H11ClO. The molecule has 2 rings (SSSR count). The molecule has 1 unspecified atom stereocenters. The minimum absolute atomic E-state index is 0.154. The van der Waals surface area contributed by atoms with Crippen LogP contribution in [0.3, 0.4) is 0 Å². The van der Waals surface area contributed by atoms with E-state index in [1.165, 1.54) is 11.1 Å². The zero-order chi connectivity index (χ0) is 8.55. The average molecular weight is 183 g/mol. The van der Waals surface area contributed by atoms with Gasteiger partial charge in [-0.3, -0.25) is 0 Å². The van der Waals surface area contributed by atoms with Gasteiger partial charge in [0.05, 0.1) is 6.10 Å². The van der Waals surface area contributed by atoms with Gasteiger partial charge >= 0.3 is 0 Å². The quantitative estimate of drug-likeness (QED) is 0.652. The van der Waals surface area contributed by atoms with Crippen molar-refractivity contribution in [3.63, 3.8) is 0 Å². The lowest BCUT2D eigenvalue weighted by molar-refractivity contribution is 0.158. The summed E-state index contributed by atoms with van der Waals surface area (Å²) in [4.78, 5) is 0. The minimum atomic E-state index is -0.154. The molecule has 0 radical (unpaired) electrons. The molecule has 1 N–H and O–H groups in total. The average Bonchev–Trinajstić information content (AvgIpc) is 2.05. The first kappa shape index (κ1) is 8.09. The number of hydrogen-bond acceptors (Lipinski definition) is 1. The van der Waals surface area contributed by atoms with Gasteiger partial charge in [-0.2, -0.15) is 0 Å². The molecule has 0 spiro atoms. The highest BCUT2D eigenvalue weighted by molar-refractivity contribution is 6.30. The molecule has 1 aromatic carbocycles. The summed E-state index contributed by atoms with van der Waals surface area (Å²) in [6.45, 7) is 0. The highest BCUT2D eigenvalue weighted by Gasteiger charge is 2.15. The molecule has 1 atom stereocenters. The molecule has 1 aliphatic rings. The second kappa shape index (κ2) is 3.08. The monoisotopic (exact) mass is 182 g/mol. The van der Waals surface area contributed by atoms with Gasteiger partial charge in [0.15, 0.2) is 0 Å². The van der Waals surface area contributed by atoms with Crippen molar-refractivity contribution in [3.05, 3.63) is 34.3 Å². The molecule has 64 valence electrons. The van der Waals surface area contributed by atoms with Crippen molar-refractivity contribution in [1.82, 2.24) is 0 Å². The molecule has 2 heteroatoms. The van der Waals surface area contributed by atoms with E-state index in [-0.39, 0.29) is 6.10 Å². The maximum Gasteiger partial charge on any atom is 0.0583 e. The van der Waals surface area contributed by atoms with Gasteiger partial charge in [-0.25, -0.2) is 0 Å². The molecule has 0 fully saturated rings. The first-order chi connectivity index (χ1) is 5.75. The van der Waals surface area contributed by atoms with E-state index >= 15 is 0 Å². The van der Waals surface area contributed by atoms with E-state index in [4.69, 9.17) is 11.6 Å². The molecule has 0 aromatic heterocycles. The Morgan fingerprint density at radius 3 is 3.00 bits per heavy atom. The summed E-state index contributed by atoms with van der Waals surface area (Å²) in [5.74, 6) is 0. The smallest absolute Gasteiger partial charge is 0.0583 e. The number of benzene rings is 1. The van der Waals surface area contributed by atoms with Crippen molar-refractivity contribution in [2.75, 3.05) is 0 Å². The third-order valence-electron chi connectivity index (χ3n) is 2.37. The Balaban J connectivity index is 2.37. The van der Waals surface area contributed by atoms with Crippen molar-refractivity contribution in [2.24, 2.45) is 0 Å². The molecule has 0 heterocycles. The number of aryl methyl sites for hydroxylation is 1. The number of halogens is 1. The summed E-state index contributed by atoms with van der Waals surface area (Å²) < 4.78 is 0. The summed E-state index contributed by atoms with van der Waals surface area (Å²) in [6, 6.07) is 5.90. The number of aliphatic hydroxyl groups is 1. The summed E-state index contributed by atoms with van der Waals surface area (Å²) in [6.07, 6.45) is 2.45. The van der Waals surface area contributed by atoms with Crippen LogP contribution in [0, 0.1) is 0 Å². The van der Waals surface area contributed by atoms with E-state index < -0.39 is 0 Å². The van der Waals surface area contributed by atoms with Crippen LogP contribution in [-0.4, -0.2) is 11.2 Å². The van der Waals surface area contributed by atoms with Crippen LogP contribution in [0.25, 0.3) is 0 Å². The van der Waals surface area contributed by atoms with E-state index in [0.29, 0.717) is 0 Å². The predicted molar refractivity (Wildman–Crippen MR) is 49.5 cm³/mol. The summed E-state index contributed by atoms with van der Waals surface area (Å²) >= 11 is 5.85. The SMILES string of the molecule is OC1CCc2cc(Cl)ccc2C1. The van der Waals surface area contributed by atoms with Crippen LogP contribution in [0.1, 0.15) is 17.5 Å². The van der Waals surface area contributed by atoms with Crippen molar-refractivity contribution in [3.8, 4) is 0 Å². The summed E-state index contributed by atoms with van der Waals surface area (Å²) in [5, 5.41) is 10.2. The largest absolute Gasteiger partial charge is 0.393 e. The number of aliphatic hydroxyl groups excluding tert-OH is 1. The van der Waals surface area contributed by atoms with Gasteiger partial charge in [0.25, 0.3) is 0 Å². The first-order valence-corrected chi connectivity index (χ1v) is 4.59. The highest BCUT2D eigenvalue weighted by atomic mass is 35.5. The maximum absolute atomic E-state index is 9.39. The van der Waals surface area contributed by atoms with Gasteiger partial charge in [0.2, 0.25) is 0 Å². The standard InChI is InChI=1S/C10H11ClO/c11-9-3-1-8-6-10(12)4-2-7(8)5-9/h1,3,5,10,12H,2,4,6H2. The van der Waals surface area contributed by atoms with Crippen molar-refractivity contribution in [1.29, 1.82) is 0 Å². The Kier molecular flexibility index (Phi) is 2.07. The second-order valence-corrected chi connectivity index (χ2v) is 3.75. The normalized spacial score (nSPS) is 22.0. The predicted octanol–water partition coefficient (Wildman–Crippen LogP) is 2.19. The number of hydrogen-bond donors (Lipinski definition) is 1. The van der Waals surface area contributed by atoms with E-state index in [1.807, 2.05) is 18.2 Å². The molecule has 0 saturated heterocycles. The van der Waals surface area contributed by atoms with E-state index in [9.17, 15) is 5.11 Å². The van der Waals surface area contributed by atoms with E-state index in [2.05, 4.69) is 0 Å². The summed E-state index contributed by atoms with van der Waals surface area (Å²) in [5.41, 5.74) is 2.55. The third-order valence-corrected chi connectivity index (χ3v) is 2.61. The number of fused-ring (bicyclic) bond motifs is 1. The van der Waals surface area contributed by atoms with Crippen LogP contribution in [0.2, 0.25) is 5.02 Å². The summed E-state index contributed by atoms with van der Waals surface area (Å²) in [7, 11) is 0. The first-order valence-electron chi connectivity index (χ1n) is 4.21. The molecule has 0 saturated carbocycles. The molecule has 0 amide bonds. The van der Waals surface area contributed by atoms with Crippen LogP contribution < -0.4 is 0 Å². The third kappa shape index (κ3) is 1.47. The zero-order valence-electron chi connectivity index (χ0n) is 6.76. The fourth-order valence-electron chi connectivity index (χ4n) is 1.70. The van der Waals surface area contributed by atoms with Gasteiger partial charge in [0.1, 0.15) is 0 Å². The zero-order valence-corrected chi connectivity index (χ0v) is 7.51. The van der Waals surface area contributed by atoms with Gasteiger partial charge in [0, 0.05) is 5.02 Å². The lowest BCUT2D eigenvalue weighted by atomic mass is 9.90. The maximum atomic E-state index is 9.39. The molecular weight excluding hydrogens is 172 g/mol. The van der Waals surface area contributed by atoms with E-state index in [0.717, 1.165) is 24.3 Å². The van der Waals surface area contributed by atoms with Crippen LogP contribution in [0.5, 0.6) is 0 Å². The molecule has 12 heavy (non-hydrogen) atoms. The Hall–Kier alpha value is -0.530. The molecule has 1 aromatic rings. The highest BCUT2D eigenvalue weighted by Crippen LogP contribution is 2.24. The Morgan fingerprint density at radius 2 is 2.17 bits per heavy atom. The molecule has 1 nitrogen and oxygen atoms in total. The fraction of sp³-hybridized carbons (Fsp3) is 0.400. The van der Waals surface area contributed by atoms with Gasteiger partial charge in [-0.05, 0) is 42.5 Å². The molecule has 1 aliphatic carbocycles. The molecule has 0 aliphatic heterocycles. The lowest BCUT2D eigenvalue weighted by Crippen LogP contribution is -2.18. The van der Waals surface area contributed by atoms with Gasteiger partial charge in [-0.15, -0.1) is 0 Å². The van der Waals surface area contributed by atoms with Crippen LogP contribution in [0.4, 0.5) is 0 Å². The Labute approximate surface area is 77.0 Å². The van der Waals surface area contributed by atoms with E-state index in [1.54, 1.807) is 0 Å². The van der Waals surface area contributed by atoms with Crippen LogP contribution in [0.15, 0.2) is 18.2 Å². The number of rotatable bonds is 0. The Morgan fingerprint density at radius 1 is 1.33 bits per heavy atom. The fourth-order valence-corrected chi connectivity index (χ4v) is 1.90. The van der Waals surface area contributed by atoms with Gasteiger partial charge < -0.3 is 5.11 Å². The van der Waals surface area contributed by atoms with Crippen LogP contribution in [-0.2, 0) is 12.8 Å². The second-order valence-electron chi connectivity index (χ2n) is 3.31. The van der Waals surface area contributed by atoms with Crippen molar-refractivity contribution < 1.29 is 5.11 Å². The van der Waals surface area contributed by atoms with Gasteiger partial charge in [-0.1, -0.05) is 17.7 Å². The van der Waals surface area contributed by atoms with Crippen LogP contribution >= 0.6 is 11.6 Å². The van der Waals surface area contributed by atoms with Crippen molar-refractivity contribution >= 4 is 11.6 Å². The Bertz CT molecular complexity index is 296. The molecule has 0 bridgehead atoms. The van der Waals surface area contributed by atoms with Crippen molar-refractivity contribution in [2.45, 2.75) is 25.4 Å². The lowest BCUT2D eigenvalue weighted by Gasteiger charge is -2.20. The topological polar surface area (TPSA) is 20.2 Å².